The van der Waals surface area contributed by atoms with E-state index in [1.165, 1.54) is 6.33 Å². The number of pyridine rings is 1. The van der Waals surface area contributed by atoms with Gasteiger partial charge in [-0.2, -0.15) is 4.98 Å². The van der Waals surface area contributed by atoms with Gasteiger partial charge in [0.2, 0.25) is 5.95 Å². The molecule has 6 heteroatoms. The van der Waals surface area contributed by atoms with Crippen LogP contribution in [0.25, 0.3) is 10.7 Å². The first kappa shape index (κ1) is 10.8. The highest BCUT2D eigenvalue weighted by atomic mass is 32.1. The molecule has 0 unspecified atom stereocenters. The molecule has 0 aromatic carbocycles. The molecule has 0 aliphatic carbocycles. The van der Waals surface area contributed by atoms with Gasteiger partial charge in [-0.25, -0.2) is 9.97 Å². The van der Waals surface area contributed by atoms with Crippen molar-refractivity contribution in [1.82, 2.24) is 19.9 Å². The molecule has 0 saturated heterocycles. The quantitative estimate of drug-likeness (QED) is 0.779. The van der Waals surface area contributed by atoms with E-state index in [4.69, 9.17) is 0 Å². The molecular formula is C12H9N5S. The van der Waals surface area contributed by atoms with Crippen molar-refractivity contribution in [2.45, 2.75) is 0 Å². The number of rotatable bonds is 3. The predicted molar refractivity (Wildman–Crippen MR) is 70.7 cm³/mol. The molecule has 3 aromatic heterocycles. The van der Waals surface area contributed by atoms with Gasteiger partial charge in [0, 0.05) is 18.1 Å². The molecule has 3 aromatic rings. The molecule has 0 spiro atoms. The van der Waals surface area contributed by atoms with E-state index in [9.17, 15) is 0 Å². The Labute approximate surface area is 108 Å². The summed E-state index contributed by atoms with van der Waals surface area (Å²) in [6, 6.07) is 7.67. The van der Waals surface area contributed by atoms with Crippen molar-refractivity contribution in [2.24, 2.45) is 0 Å². The Kier molecular flexibility index (Phi) is 2.93. The summed E-state index contributed by atoms with van der Waals surface area (Å²) >= 11 is 1.60. The summed E-state index contributed by atoms with van der Waals surface area (Å²) < 4.78 is 0. The smallest absolute Gasteiger partial charge is 0.230 e. The van der Waals surface area contributed by atoms with E-state index in [0.29, 0.717) is 11.8 Å². The first-order valence-electron chi connectivity index (χ1n) is 5.32. The van der Waals surface area contributed by atoms with Crippen LogP contribution < -0.4 is 5.32 Å². The third-order valence-corrected chi connectivity index (χ3v) is 3.12. The Morgan fingerprint density at radius 1 is 1.06 bits per heavy atom. The average Bonchev–Trinajstić information content (AvgIpc) is 2.94. The Bertz CT molecular complexity index is 624. The molecule has 88 valence electrons. The number of nitrogens with zero attached hydrogens (tertiary/aromatic N) is 4. The number of anilines is 2. The molecule has 3 heterocycles. The lowest BCUT2D eigenvalue weighted by Gasteiger charge is -2.04. The molecule has 0 fully saturated rings. The third-order valence-electron chi connectivity index (χ3n) is 2.25. The van der Waals surface area contributed by atoms with E-state index in [0.717, 1.165) is 10.6 Å². The van der Waals surface area contributed by atoms with Gasteiger partial charge in [0.05, 0.1) is 4.88 Å². The summed E-state index contributed by atoms with van der Waals surface area (Å²) in [5.74, 6) is 1.20. The second-order valence-corrected chi connectivity index (χ2v) is 4.42. The van der Waals surface area contributed by atoms with Crippen LogP contribution in [0.5, 0.6) is 0 Å². The largest absolute Gasteiger partial charge is 0.324 e. The number of aromatic nitrogens is 4. The zero-order chi connectivity index (χ0) is 12.2. The van der Waals surface area contributed by atoms with Crippen molar-refractivity contribution >= 4 is 23.0 Å². The van der Waals surface area contributed by atoms with Gasteiger partial charge < -0.3 is 5.32 Å². The second kappa shape index (κ2) is 4.89. The van der Waals surface area contributed by atoms with Crippen LogP contribution in [0, 0.1) is 0 Å². The van der Waals surface area contributed by atoms with Crippen molar-refractivity contribution in [1.29, 1.82) is 0 Å². The standard InChI is InChI=1S/C12H9N5S/c1-2-10(18-7-1)11-14-8-15-12(17-11)16-9-3-5-13-6-4-9/h1-8H,(H,13,14,15,16,17). The van der Waals surface area contributed by atoms with Gasteiger partial charge in [-0.1, -0.05) is 6.07 Å². The first-order chi connectivity index (χ1) is 8.92. The molecule has 1 N–H and O–H groups in total. The Hall–Kier alpha value is -2.34. The van der Waals surface area contributed by atoms with Crippen molar-refractivity contribution in [2.75, 3.05) is 5.32 Å². The maximum Gasteiger partial charge on any atom is 0.230 e. The van der Waals surface area contributed by atoms with E-state index < -0.39 is 0 Å². The average molecular weight is 255 g/mol. The Balaban J connectivity index is 1.88. The topological polar surface area (TPSA) is 63.6 Å². The molecule has 5 nitrogen and oxygen atoms in total. The fourth-order valence-corrected chi connectivity index (χ4v) is 2.11. The number of thiophene rings is 1. The van der Waals surface area contributed by atoms with Crippen LogP contribution in [0.4, 0.5) is 11.6 Å². The van der Waals surface area contributed by atoms with Crippen LogP contribution in [0.15, 0.2) is 48.4 Å². The Morgan fingerprint density at radius 2 is 1.94 bits per heavy atom. The van der Waals surface area contributed by atoms with Crippen LogP contribution in [-0.2, 0) is 0 Å². The molecule has 0 amide bonds. The van der Waals surface area contributed by atoms with E-state index in [1.807, 2.05) is 29.6 Å². The molecule has 0 atom stereocenters. The lowest BCUT2D eigenvalue weighted by Crippen LogP contribution is -1.99. The van der Waals surface area contributed by atoms with E-state index >= 15 is 0 Å². The summed E-state index contributed by atoms with van der Waals surface area (Å²) in [4.78, 5) is 17.6. The van der Waals surface area contributed by atoms with Gasteiger partial charge in [-0.05, 0) is 23.6 Å². The molecular weight excluding hydrogens is 246 g/mol. The molecule has 0 bridgehead atoms. The van der Waals surface area contributed by atoms with Crippen molar-refractivity contribution in [3.05, 3.63) is 48.4 Å². The van der Waals surface area contributed by atoms with Crippen molar-refractivity contribution in [3.63, 3.8) is 0 Å². The monoisotopic (exact) mass is 255 g/mol. The maximum absolute atomic E-state index is 4.37. The van der Waals surface area contributed by atoms with Crippen LogP contribution in [0.2, 0.25) is 0 Å². The molecule has 18 heavy (non-hydrogen) atoms. The minimum Gasteiger partial charge on any atom is -0.324 e. The van der Waals surface area contributed by atoms with Gasteiger partial charge in [0.1, 0.15) is 6.33 Å². The summed E-state index contributed by atoms with van der Waals surface area (Å²) in [5, 5.41) is 5.10. The Morgan fingerprint density at radius 3 is 2.72 bits per heavy atom. The molecule has 3 rings (SSSR count). The summed E-state index contributed by atoms with van der Waals surface area (Å²) in [6.07, 6.45) is 4.93. The summed E-state index contributed by atoms with van der Waals surface area (Å²) in [7, 11) is 0. The SMILES string of the molecule is c1csc(-c2ncnc(Nc3ccncc3)n2)c1. The predicted octanol–water partition coefficient (Wildman–Crippen LogP) is 2.74. The van der Waals surface area contributed by atoms with Gasteiger partial charge in [-0.15, -0.1) is 11.3 Å². The maximum atomic E-state index is 4.37. The molecule has 0 aliphatic rings. The lowest BCUT2D eigenvalue weighted by atomic mass is 10.4. The lowest BCUT2D eigenvalue weighted by molar-refractivity contribution is 1.07. The van der Waals surface area contributed by atoms with Gasteiger partial charge in [0.15, 0.2) is 5.82 Å². The zero-order valence-electron chi connectivity index (χ0n) is 9.32. The van der Waals surface area contributed by atoms with Gasteiger partial charge >= 0.3 is 0 Å². The van der Waals surface area contributed by atoms with E-state index in [2.05, 4.69) is 25.3 Å². The second-order valence-electron chi connectivity index (χ2n) is 3.47. The fourth-order valence-electron chi connectivity index (χ4n) is 1.45. The van der Waals surface area contributed by atoms with Crippen molar-refractivity contribution < 1.29 is 0 Å². The summed E-state index contributed by atoms with van der Waals surface area (Å²) in [6.45, 7) is 0. The third kappa shape index (κ3) is 2.33. The van der Waals surface area contributed by atoms with Gasteiger partial charge in [-0.3, -0.25) is 4.98 Å². The van der Waals surface area contributed by atoms with Gasteiger partial charge in [0.25, 0.3) is 0 Å². The van der Waals surface area contributed by atoms with Crippen molar-refractivity contribution in [3.8, 4) is 10.7 Å². The number of hydrogen-bond donors (Lipinski definition) is 1. The summed E-state index contributed by atoms with van der Waals surface area (Å²) in [5.41, 5.74) is 0.897. The van der Waals surface area contributed by atoms with Crippen LogP contribution in [0.3, 0.4) is 0 Å². The normalized spacial score (nSPS) is 10.2. The zero-order valence-corrected chi connectivity index (χ0v) is 10.1. The molecule has 0 radical (unpaired) electrons. The highest BCUT2D eigenvalue weighted by Crippen LogP contribution is 2.21. The fraction of sp³-hybridized carbons (Fsp3) is 0. The highest BCUT2D eigenvalue weighted by molar-refractivity contribution is 7.13. The minimum atomic E-state index is 0.527. The minimum absolute atomic E-state index is 0.527. The number of hydrogen-bond acceptors (Lipinski definition) is 6. The van der Waals surface area contributed by atoms with Crippen LogP contribution in [-0.4, -0.2) is 19.9 Å². The van der Waals surface area contributed by atoms with E-state index in [1.54, 1.807) is 23.7 Å². The highest BCUT2D eigenvalue weighted by Gasteiger charge is 2.04. The van der Waals surface area contributed by atoms with Crippen LogP contribution >= 0.6 is 11.3 Å². The van der Waals surface area contributed by atoms with Crippen LogP contribution in [0.1, 0.15) is 0 Å². The molecule has 0 saturated carbocycles. The number of nitrogens with one attached hydrogen (secondary N) is 1. The molecule has 0 aliphatic heterocycles. The first-order valence-corrected chi connectivity index (χ1v) is 6.20. The van der Waals surface area contributed by atoms with E-state index in [-0.39, 0.29) is 0 Å².